The fourth-order valence-corrected chi connectivity index (χ4v) is 3.55. The third-order valence-electron chi connectivity index (χ3n) is 4.95. The Balaban J connectivity index is 1.53. The number of imidazole rings is 1. The van der Waals surface area contributed by atoms with Crippen molar-refractivity contribution < 1.29 is 9.53 Å². The highest BCUT2D eigenvalue weighted by molar-refractivity contribution is 5.94. The predicted molar refractivity (Wildman–Crippen MR) is 102 cm³/mol. The summed E-state index contributed by atoms with van der Waals surface area (Å²) >= 11 is 0. The van der Waals surface area contributed by atoms with Crippen LogP contribution in [0.15, 0.2) is 36.7 Å². The molecular weight excluding hydrogens is 326 g/mol. The lowest BCUT2D eigenvalue weighted by atomic mass is 9.96. The first-order valence-electron chi connectivity index (χ1n) is 9.62. The molecule has 1 aliphatic heterocycles. The van der Waals surface area contributed by atoms with Gasteiger partial charge in [0, 0.05) is 44.0 Å². The molecule has 1 aromatic carbocycles. The molecule has 0 aliphatic carbocycles. The van der Waals surface area contributed by atoms with Crippen LogP contribution in [0.5, 0.6) is 5.75 Å². The minimum absolute atomic E-state index is 0.122. The second-order valence-corrected chi connectivity index (χ2v) is 7.28. The number of carbonyl (C=O) groups is 1. The topological polar surface area (TPSA) is 47.4 Å². The van der Waals surface area contributed by atoms with Crippen LogP contribution < -0.4 is 4.74 Å². The molecule has 140 valence electrons. The molecule has 0 spiro atoms. The van der Waals surface area contributed by atoms with Gasteiger partial charge in [-0.15, -0.1) is 0 Å². The van der Waals surface area contributed by atoms with Crippen LogP contribution in [0.3, 0.4) is 0 Å². The molecule has 1 aromatic heterocycles. The monoisotopic (exact) mass is 355 g/mol. The van der Waals surface area contributed by atoms with E-state index in [0.29, 0.717) is 5.92 Å². The Morgan fingerprint density at radius 2 is 1.92 bits per heavy atom. The van der Waals surface area contributed by atoms with Gasteiger partial charge in [0.1, 0.15) is 11.6 Å². The third-order valence-corrected chi connectivity index (χ3v) is 4.95. The average Bonchev–Trinajstić information content (AvgIpc) is 3.09. The van der Waals surface area contributed by atoms with E-state index in [4.69, 9.17) is 4.74 Å². The number of hydrogen-bond acceptors (Lipinski definition) is 3. The van der Waals surface area contributed by atoms with E-state index in [1.807, 2.05) is 49.2 Å². The number of aromatic nitrogens is 2. The van der Waals surface area contributed by atoms with Crippen LogP contribution in [0, 0.1) is 5.92 Å². The summed E-state index contributed by atoms with van der Waals surface area (Å²) in [5.74, 6) is 2.69. The molecule has 0 atom stereocenters. The van der Waals surface area contributed by atoms with Crippen LogP contribution in [0.2, 0.25) is 0 Å². The van der Waals surface area contributed by atoms with Crippen molar-refractivity contribution in [2.45, 2.75) is 52.7 Å². The Bertz CT molecular complexity index is 713. The van der Waals surface area contributed by atoms with Gasteiger partial charge in [0.25, 0.3) is 5.91 Å². The highest BCUT2D eigenvalue weighted by atomic mass is 16.5. The summed E-state index contributed by atoms with van der Waals surface area (Å²) in [6, 6.07) is 7.49. The molecule has 0 bridgehead atoms. The molecule has 0 saturated carbocycles. The van der Waals surface area contributed by atoms with E-state index in [9.17, 15) is 4.79 Å². The van der Waals surface area contributed by atoms with E-state index in [2.05, 4.69) is 22.7 Å². The molecule has 5 nitrogen and oxygen atoms in total. The molecule has 2 heterocycles. The van der Waals surface area contributed by atoms with Gasteiger partial charge in [-0.05, 0) is 56.9 Å². The highest BCUT2D eigenvalue weighted by Gasteiger charge is 2.24. The first kappa shape index (κ1) is 18.5. The fraction of sp³-hybridized carbons (Fsp3) is 0.524. The fourth-order valence-electron chi connectivity index (χ4n) is 3.55. The van der Waals surface area contributed by atoms with Gasteiger partial charge in [0.15, 0.2) is 0 Å². The molecule has 0 unspecified atom stereocenters. The van der Waals surface area contributed by atoms with E-state index >= 15 is 0 Å². The van der Waals surface area contributed by atoms with Crippen LogP contribution in [0.1, 0.15) is 49.8 Å². The second kappa shape index (κ2) is 8.39. The minimum atomic E-state index is 0.122. The van der Waals surface area contributed by atoms with Gasteiger partial charge in [-0.3, -0.25) is 4.79 Å². The van der Waals surface area contributed by atoms with Crippen molar-refractivity contribution in [3.63, 3.8) is 0 Å². The Morgan fingerprint density at radius 1 is 1.23 bits per heavy atom. The van der Waals surface area contributed by atoms with Crippen LogP contribution in [-0.4, -0.2) is 39.6 Å². The Kier molecular flexibility index (Phi) is 5.96. The van der Waals surface area contributed by atoms with Gasteiger partial charge < -0.3 is 14.2 Å². The van der Waals surface area contributed by atoms with E-state index in [-0.39, 0.29) is 12.0 Å². The number of likely N-dealkylation sites (tertiary alicyclic amines) is 1. The number of nitrogens with zero attached hydrogens (tertiary/aromatic N) is 3. The summed E-state index contributed by atoms with van der Waals surface area (Å²) in [6.07, 6.45) is 7.13. The number of hydrogen-bond donors (Lipinski definition) is 0. The molecule has 0 radical (unpaired) electrons. The summed E-state index contributed by atoms with van der Waals surface area (Å²) < 4.78 is 7.90. The lowest BCUT2D eigenvalue weighted by Crippen LogP contribution is -2.39. The Hall–Kier alpha value is -2.30. The van der Waals surface area contributed by atoms with Gasteiger partial charge in [-0.1, -0.05) is 6.92 Å². The second-order valence-electron chi connectivity index (χ2n) is 7.28. The average molecular weight is 355 g/mol. The number of rotatable bonds is 6. The van der Waals surface area contributed by atoms with Crippen molar-refractivity contribution in [2.75, 3.05) is 13.1 Å². The number of aryl methyl sites for hydroxylation is 1. The van der Waals surface area contributed by atoms with Crippen LogP contribution in [0.4, 0.5) is 0 Å². The molecule has 2 aromatic rings. The van der Waals surface area contributed by atoms with Crippen molar-refractivity contribution in [1.29, 1.82) is 0 Å². The molecule has 26 heavy (non-hydrogen) atoms. The minimum Gasteiger partial charge on any atom is -0.491 e. The quantitative estimate of drug-likeness (QED) is 0.792. The first-order valence-corrected chi connectivity index (χ1v) is 9.62. The summed E-state index contributed by atoms with van der Waals surface area (Å²) in [6.45, 7) is 8.78. The first-order chi connectivity index (χ1) is 12.6. The highest BCUT2D eigenvalue weighted by Crippen LogP contribution is 2.22. The summed E-state index contributed by atoms with van der Waals surface area (Å²) in [5.41, 5.74) is 0.738. The summed E-state index contributed by atoms with van der Waals surface area (Å²) in [7, 11) is 0. The van der Waals surface area contributed by atoms with Gasteiger partial charge >= 0.3 is 0 Å². The van der Waals surface area contributed by atoms with Crippen LogP contribution in [0.25, 0.3) is 0 Å². The third kappa shape index (κ3) is 4.45. The number of piperidine rings is 1. The number of ether oxygens (including phenoxy) is 1. The normalized spacial score (nSPS) is 15.5. The molecule has 0 N–H and O–H groups in total. The molecule has 1 saturated heterocycles. The number of benzene rings is 1. The van der Waals surface area contributed by atoms with Crippen LogP contribution in [-0.2, 0) is 13.0 Å². The molecule has 3 rings (SSSR count). The van der Waals surface area contributed by atoms with Crippen LogP contribution >= 0.6 is 0 Å². The molecule has 1 amide bonds. The maximum absolute atomic E-state index is 12.7. The SMILES string of the molecule is CCc1nccn1CC1CCN(C(=O)c2ccc(OC(C)C)cc2)CC1. The molecule has 1 fully saturated rings. The van der Waals surface area contributed by atoms with Gasteiger partial charge in [-0.2, -0.15) is 0 Å². The van der Waals surface area contributed by atoms with Gasteiger partial charge in [0.05, 0.1) is 6.10 Å². The standard InChI is InChI=1S/C21H29N3O2/c1-4-20-22-11-14-24(20)15-17-9-12-23(13-10-17)21(25)18-5-7-19(8-6-18)26-16(2)3/h5-8,11,14,16-17H,4,9-10,12-13,15H2,1-3H3. The number of amides is 1. The number of carbonyl (C=O) groups excluding carboxylic acids is 1. The zero-order valence-electron chi connectivity index (χ0n) is 16.0. The zero-order chi connectivity index (χ0) is 18.5. The lowest BCUT2D eigenvalue weighted by Gasteiger charge is -2.32. The molecule has 5 heteroatoms. The van der Waals surface area contributed by atoms with Gasteiger partial charge in [-0.25, -0.2) is 4.98 Å². The van der Waals surface area contributed by atoms with Crippen molar-refractivity contribution >= 4 is 5.91 Å². The Morgan fingerprint density at radius 3 is 2.54 bits per heavy atom. The largest absolute Gasteiger partial charge is 0.491 e. The predicted octanol–water partition coefficient (Wildman–Crippen LogP) is 3.79. The zero-order valence-corrected chi connectivity index (χ0v) is 16.0. The Labute approximate surface area is 156 Å². The van der Waals surface area contributed by atoms with E-state index in [1.165, 1.54) is 0 Å². The van der Waals surface area contributed by atoms with Gasteiger partial charge in [0.2, 0.25) is 0 Å². The van der Waals surface area contributed by atoms with Crippen molar-refractivity contribution in [1.82, 2.24) is 14.5 Å². The van der Waals surface area contributed by atoms with Crippen molar-refractivity contribution in [2.24, 2.45) is 5.92 Å². The maximum atomic E-state index is 12.7. The van der Waals surface area contributed by atoms with Crippen molar-refractivity contribution in [3.05, 3.63) is 48.0 Å². The van der Waals surface area contributed by atoms with Crippen molar-refractivity contribution in [3.8, 4) is 5.75 Å². The lowest BCUT2D eigenvalue weighted by molar-refractivity contribution is 0.0682. The van der Waals surface area contributed by atoms with E-state index in [0.717, 1.165) is 56.0 Å². The maximum Gasteiger partial charge on any atom is 0.253 e. The smallest absolute Gasteiger partial charge is 0.253 e. The summed E-state index contributed by atoms with van der Waals surface area (Å²) in [4.78, 5) is 19.1. The van der Waals surface area contributed by atoms with E-state index < -0.39 is 0 Å². The molecular formula is C21H29N3O2. The molecule has 1 aliphatic rings. The summed E-state index contributed by atoms with van der Waals surface area (Å²) in [5, 5.41) is 0. The van der Waals surface area contributed by atoms with E-state index in [1.54, 1.807) is 0 Å².